The molecule has 1 aliphatic carbocycles. The number of rotatable bonds is 13. The molecule has 4 rings (SSSR count). The number of aliphatic carboxylic acids is 1. The summed E-state index contributed by atoms with van der Waals surface area (Å²) in [7, 11) is 1.51. The number of hydrogen-bond acceptors (Lipinski definition) is 6. The maximum atomic E-state index is 13.1. The number of aromatic amines is 1. The van der Waals surface area contributed by atoms with Crippen LogP contribution < -0.4 is 20.7 Å². The average Bonchev–Trinajstić information content (AvgIpc) is 3.65. The fourth-order valence-electron chi connectivity index (χ4n) is 5.37. The van der Waals surface area contributed by atoms with E-state index in [0.29, 0.717) is 47.8 Å². The number of urea groups is 1. The molecule has 0 aliphatic heterocycles. The van der Waals surface area contributed by atoms with Gasteiger partial charge in [-0.2, -0.15) is 0 Å². The second kappa shape index (κ2) is 14.5. The summed E-state index contributed by atoms with van der Waals surface area (Å²) < 4.78 is 5.52. The van der Waals surface area contributed by atoms with Gasteiger partial charge in [0.2, 0.25) is 5.91 Å². The number of carboxylic acids is 1. The SMILES string of the molecule is COc1cc(CC(=O)NC(CC(C)C)c2cnc(CCC(=O)O)[nH]2)ccc1NC(=O)Nc1ncccc1C1CCCC1. The van der Waals surface area contributed by atoms with Crippen LogP contribution in [0.2, 0.25) is 0 Å². The predicted octanol–water partition coefficient (Wildman–Crippen LogP) is 5.58. The first-order valence-corrected chi connectivity index (χ1v) is 14.5. The summed E-state index contributed by atoms with van der Waals surface area (Å²) in [5, 5.41) is 17.7. The number of carbonyl (C=O) groups is 3. The molecule has 3 amide bonds. The van der Waals surface area contributed by atoms with Gasteiger partial charge in [0.15, 0.2) is 0 Å². The first-order chi connectivity index (χ1) is 20.2. The molecular formula is C31H40N6O5. The summed E-state index contributed by atoms with van der Waals surface area (Å²) in [6.07, 6.45) is 8.95. The van der Waals surface area contributed by atoms with Crippen molar-refractivity contribution < 1.29 is 24.2 Å². The minimum atomic E-state index is -0.890. The Labute approximate surface area is 245 Å². The van der Waals surface area contributed by atoms with E-state index in [4.69, 9.17) is 9.84 Å². The zero-order chi connectivity index (χ0) is 30.1. The van der Waals surface area contributed by atoms with Gasteiger partial charge in [0, 0.05) is 12.6 Å². The summed E-state index contributed by atoms with van der Waals surface area (Å²) in [5.74, 6) is 1.21. The molecule has 5 N–H and O–H groups in total. The number of benzene rings is 1. The Morgan fingerprint density at radius 2 is 1.90 bits per heavy atom. The standard InChI is InChI=1S/C31H40N6O5/c1-19(2)15-24(25-18-33-27(34-25)12-13-29(39)40)35-28(38)17-20-10-11-23(26(16-20)42-3)36-31(41)37-30-22(9-6-14-32-30)21-7-4-5-8-21/h6,9-11,14,16,18-19,21,24H,4-5,7-8,12-13,15,17H2,1-3H3,(H,33,34)(H,35,38)(H,39,40)(H2,32,36,37,41). The molecule has 224 valence electrons. The molecule has 1 aromatic carbocycles. The summed E-state index contributed by atoms with van der Waals surface area (Å²) in [6.45, 7) is 4.13. The third-order valence-corrected chi connectivity index (χ3v) is 7.39. The van der Waals surface area contributed by atoms with E-state index >= 15 is 0 Å². The number of carbonyl (C=O) groups excluding carboxylic acids is 2. The van der Waals surface area contributed by atoms with E-state index in [1.165, 1.54) is 20.0 Å². The van der Waals surface area contributed by atoms with Crippen LogP contribution >= 0.6 is 0 Å². The van der Waals surface area contributed by atoms with Crippen molar-refractivity contribution in [2.45, 2.75) is 77.2 Å². The van der Waals surface area contributed by atoms with E-state index < -0.39 is 12.0 Å². The molecule has 0 spiro atoms. The number of anilines is 2. The van der Waals surface area contributed by atoms with Crippen LogP contribution in [0.15, 0.2) is 42.7 Å². The van der Waals surface area contributed by atoms with Crippen molar-refractivity contribution in [1.29, 1.82) is 0 Å². The maximum absolute atomic E-state index is 13.1. The number of aryl methyl sites for hydroxylation is 1. The molecular weight excluding hydrogens is 536 g/mol. The highest BCUT2D eigenvalue weighted by Crippen LogP contribution is 2.37. The molecule has 3 aromatic rings. The van der Waals surface area contributed by atoms with Crippen LogP contribution in [-0.2, 0) is 22.4 Å². The molecule has 1 atom stereocenters. The third-order valence-electron chi connectivity index (χ3n) is 7.39. The largest absolute Gasteiger partial charge is 0.495 e. The van der Waals surface area contributed by atoms with E-state index in [9.17, 15) is 14.4 Å². The number of aromatic nitrogens is 3. The van der Waals surface area contributed by atoms with Gasteiger partial charge in [0.05, 0.1) is 43.6 Å². The Morgan fingerprint density at radius 1 is 1.12 bits per heavy atom. The lowest BCUT2D eigenvalue weighted by atomic mass is 9.98. The third kappa shape index (κ3) is 8.55. The zero-order valence-electron chi connectivity index (χ0n) is 24.4. The molecule has 1 aliphatic rings. The second-order valence-corrected chi connectivity index (χ2v) is 11.1. The number of imidazole rings is 1. The van der Waals surface area contributed by atoms with Gasteiger partial charge in [-0.25, -0.2) is 14.8 Å². The molecule has 1 unspecified atom stereocenters. The fraction of sp³-hybridized carbons (Fsp3) is 0.452. The first kappa shape index (κ1) is 30.5. The van der Waals surface area contributed by atoms with Crippen molar-refractivity contribution in [1.82, 2.24) is 20.3 Å². The highest BCUT2D eigenvalue weighted by atomic mass is 16.5. The number of ether oxygens (including phenoxy) is 1. The highest BCUT2D eigenvalue weighted by molar-refractivity contribution is 6.00. The molecule has 2 heterocycles. The summed E-state index contributed by atoms with van der Waals surface area (Å²) in [4.78, 5) is 48.7. The average molecular weight is 577 g/mol. The van der Waals surface area contributed by atoms with E-state index in [1.807, 2.05) is 12.1 Å². The molecule has 42 heavy (non-hydrogen) atoms. The molecule has 11 heteroatoms. The molecule has 1 fully saturated rings. The Kier molecular flexibility index (Phi) is 10.5. The van der Waals surface area contributed by atoms with Gasteiger partial charge in [-0.1, -0.05) is 38.8 Å². The number of methoxy groups -OCH3 is 1. The number of carboxylic acid groups (broad SMARTS) is 1. The van der Waals surface area contributed by atoms with Crippen LogP contribution in [0.4, 0.5) is 16.3 Å². The van der Waals surface area contributed by atoms with Crippen molar-refractivity contribution in [2.75, 3.05) is 17.7 Å². The van der Waals surface area contributed by atoms with E-state index in [1.54, 1.807) is 30.6 Å². The molecule has 11 nitrogen and oxygen atoms in total. The summed E-state index contributed by atoms with van der Waals surface area (Å²) in [5.41, 5.74) is 2.99. The lowest BCUT2D eigenvalue weighted by molar-refractivity contribution is -0.137. The van der Waals surface area contributed by atoms with Gasteiger partial charge in [0.25, 0.3) is 0 Å². The minimum Gasteiger partial charge on any atom is -0.495 e. The fourth-order valence-corrected chi connectivity index (χ4v) is 5.37. The Hall–Kier alpha value is -4.41. The van der Waals surface area contributed by atoms with Crippen molar-refractivity contribution in [2.24, 2.45) is 5.92 Å². The topological polar surface area (TPSA) is 158 Å². The first-order valence-electron chi connectivity index (χ1n) is 14.5. The van der Waals surface area contributed by atoms with Crippen LogP contribution in [0.25, 0.3) is 0 Å². The van der Waals surface area contributed by atoms with Crippen LogP contribution in [0.5, 0.6) is 5.75 Å². The van der Waals surface area contributed by atoms with Gasteiger partial charge >= 0.3 is 12.0 Å². The molecule has 1 saturated carbocycles. The van der Waals surface area contributed by atoms with Crippen molar-refractivity contribution >= 4 is 29.4 Å². The Morgan fingerprint density at radius 3 is 2.62 bits per heavy atom. The quantitative estimate of drug-likeness (QED) is 0.178. The van der Waals surface area contributed by atoms with Crippen LogP contribution in [0, 0.1) is 5.92 Å². The molecule has 0 radical (unpaired) electrons. The highest BCUT2D eigenvalue weighted by Gasteiger charge is 2.22. The van der Waals surface area contributed by atoms with Crippen LogP contribution in [-0.4, -0.2) is 45.1 Å². The van der Waals surface area contributed by atoms with Gasteiger partial charge in [0.1, 0.15) is 17.4 Å². The Balaban J connectivity index is 1.38. The second-order valence-electron chi connectivity index (χ2n) is 11.1. The molecule has 0 saturated heterocycles. The molecule has 2 aromatic heterocycles. The van der Waals surface area contributed by atoms with Crippen LogP contribution in [0.1, 0.15) is 87.0 Å². The van der Waals surface area contributed by atoms with E-state index in [0.717, 1.165) is 29.7 Å². The number of H-pyrrole nitrogens is 1. The van der Waals surface area contributed by atoms with Crippen molar-refractivity contribution in [3.63, 3.8) is 0 Å². The smallest absolute Gasteiger partial charge is 0.324 e. The van der Waals surface area contributed by atoms with E-state index in [2.05, 4.69) is 44.7 Å². The number of pyridine rings is 1. The number of nitrogens with one attached hydrogen (secondary N) is 4. The van der Waals surface area contributed by atoms with Gasteiger partial charge in [-0.15, -0.1) is 0 Å². The minimum absolute atomic E-state index is 0.0207. The molecule has 0 bridgehead atoms. The zero-order valence-corrected chi connectivity index (χ0v) is 24.4. The number of amides is 3. The van der Waals surface area contributed by atoms with Gasteiger partial charge < -0.3 is 25.5 Å². The predicted molar refractivity (Wildman–Crippen MR) is 160 cm³/mol. The van der Waals surface area contributed by atoms with Crippen LogP contribution in [0.3, 0.4) is 0 Å². The summed E-state index contributed by atoms with van der Waals surface area (Å²) in [6, 6.07) is 8.43. The van der Waals surface area contributed by atoms with Gasteiger partial charge in [-0.05, 0) is 60.4 Å². The lowest BCUT2D eigenvalue weighted by Crippen LogP contribution is -2.31. The van der Waals surface area contributed by atoms with Crippen molar-refractivity contribution in [3.8, 4) is 5.75 Å². The monoisotopic (exact) mass is 576 g/mol. The van der Waals surface area contributed by atoms with E-state index in [-0.39, 0.29) is 24.8 Å². The summed E-state index contributed by atoms with van der Waals surface area (Å²) >= 11 is 0. The Bertz CT molecular complexity index is 1380. The normalized spacial score (nSPS) is 14.0. The van der Waals surface area contributed by atoms with Gasteiger partial charge in [-0.3, -0.25) is 14.9 Å². The number of nitrogens with zero attached hydrogens (tertiary/aromatic N) is 2. The maximum Gasteiger partial charge on any atom is 0.324 e. The van der Waals surface area contributed by atoms with Crippen molar-refractivity contribution in [3.05, 3.63) is 65.4 Å². The number of hydrogen-bond donors (Lipinski definition) is 5. The lowest BCUT2D eigenvalue weighted by Gasteiger charge is -2.20.